The number of likely N-dealkylation sites (tertiary alicyclic amines) is 2. The van der Waals surface area contributed by atoms with E-state index in [1.54, 1.807) is 11.1 Å². The number of imidazole rings is 2. The zero-order valence-corrected chi connectivity index (χ0v) is 36.3. The highest BCUT2D eigenvalue weighted by atomic mass is 16.6. The average molecular weight is 861 g/mol. The Balaban J connectivity index is 0.901. The number of rotatable bonds is 11. The van der Waals surface area contributed by atoms with Crippen molar-refractivity contribution in [1.82, 2.24) is 40.4 Å². The molecule has 0 saturated carbocycles. The summed E-state index contributed by atoms with van der Waals surface area (Å²) in [6, 6.07) is 11.6. The highest BCUT2D eigenvalue weighted by Crippen LogP contribution is 2.36. The maximum absolute atomic E-state index is 13.9. The van der Waals surface area contributed by atoms with Crippen molar-refractivity contribution in [3.05, 3.63) is 83.6 Å². The van der Waals surface area contributed by atoms with Gasteiger partial charge < -0.3 is 49.3 Å². The molecule has 16 nitrogen and oxygen atoms in total. The number of carbonyl (C=O) groups excluding carboxylic acids is 4. The molecule has 6 atom stereocenters. The number of nitrogens with one attached hydrogen (secondary N) is 4. The zero-order chi connectivity index (χ0) is 44.2. The van der Waals surface area contributed by atoms with Gasteiger partial charge in [0.05, 0.1) is 61.4 Å². The summed E-state index contributed by atoms with van der Waals surface area (Å²) in [7, 11) is 0. The number of alkyl carbamates (subject to hydrolysis) is 2. The molecule has 63 heavy (non-hydrogen) atoms. The minimum Gasteiger partial charge on any atom is -0.444 e. The maximum Gasteiger partial charge on any atom is 0.408 e. The zero-order valence-electron chi connectivity index (χ0n) is 36.3. The van der Waals surface area contributed by atoms with Crippen molar-refractivity contribution in [3.8, 4) is 23.1 Å². The first-order valence-electron chi connectivity index (χ1n) is 21.9. The van der Waals surface area contributed by atoms with Gasteiger partial charge in [-0.15, -0.1) is 0 Å². The molecule has 0 spiro atoms. The minimum absolute atomic E-state index is 0.143. The van der Waals surface area contributed by atoms with Gasteiger partial charge >= 0.3 is 12.2 Å². The number of benzene rings is 2. The van der Waals surface area contributed by atoms with E-state index in [2.05, 4.69) is 44.0 Å². The van der Waals surface area contributed by atoms with Crippen molar-refractivity contribution in [2.45, 2.75) is 96.2 Å². The summed E-state index contributed by atoms with van der Waals surface area (Å²) < 4.78 is 21.6. The largest absolute Gasteiger partial charge is 0.444 e. The monoisotopic (exact) mass is 860 g/mol. The Labute approximate surface area is 366 Å². The molecule has 2 unspecified atom stereocenters. The molecule has 4 saturated heterocycles. The molecular weight excluding hydrogens is 805 g/mol. The van der Waals surface area contributed by atoms with Gasteiger partial charge in [0.25, 0.3) is 0 Å². The number of H-pyrrole nitrogens is 2. The van der Waals surface area contributed by atoms with Crippen molar-refractivity contribution < 1.29 is 38.1 Å². The smallest absolute Gasteiger partial charge is 0.408 e. The van der Waals surface area contributed by atoms with Crippen molar-refractivity contribution in [1.29, 1.82) is 0 Å². The second-order valence-corrected chi connectivity index (χ2v) is 17.5. The van der Waals surface area contributed by atoms with Crippen molar-refractivity contribution in [2.75, 3.05) is 39.5 Å². The van der Waals surface area contributed by atoms with Crippen LogP contribution in [0.25, 0.3) is 22.3 Å². The van der Waals surface area contributed by atoms with Crippen LogP contribution in [0.2, 0.25) is 0 Å². The van der Waals surface area contributed by atoms with Crippen LogP contribution < -0.4 is 10.6 Å². The van der Waals surface area contributed by atoms with E-state index in [-0.39, 0.29) is 47.9 Å². The SMILES string of the molecule is C=C1C[C@@H](c2ncc(-c3ccc(C#Cc4ccc5nc([C@@H]6CCCN6C(=O)[C@@H](NC(=O)OC6CCOC6)C(C)C)[nH]c5c4)cc3)[nH]2)N(C(=O)[C@@H](NC(=O)OC2CCOC2)C(C)C)C1. The second-order valence-electron chi connectivity index (χ2n) is 17.5. The molecule has 8 rings (SSSR count). The predicted molar refractivity (Wildman–Crippen MR) is 233 cm³/mol. The second kappa shape index (κ2) is 19.1. The highest BCUT2D eigenvalue weighted by Gasteiger charge is 2.40. The summed E-state index contributed by atoms with van der Waals surface area (Å²) in [5.41, 5.74) is 5.85. The molecule has 0 aliphatic carbocycles. The van der Waals surface area contributed by atoms with Crippen molar-refractivity contribution in [2.24, 2.45) is 11.8 Å². The van der Waals surface area contributed by atoms with Crippen molar-refractivity contribution >= 4 is 35.0 Å². The molecule has 0 radical (unpaired) electrons. The maximum atomic E-state index is 13.9. The van der Waals surface area contributed by atoms with Gasteiger partial charge in [-0.3, -0.25) is 9.59 Å². The fraction of sp³-hybridized carbons (Fsp3) is 0.489. The molecule has 4 N–H and O–H groups in total. The number of aromatic amines is 2. The lowest BCUT2D eigenvalue weighted by Gasteiger charge is -2.30. The number of hydrogen-bond donors (Lipinski definition) is 4. The Bertz CT molecular complexity index is 2380. The average Bonchev–Trinajstić information content (AvgIpc) is 4.12. The normalized spacial score (nSPS) is 22.0. The quantitative estimate of drug-likeness (QED) is 0.104. The van der Waals surface area contributed by atoms with Crippen LogP contribution in [-0.4, -0.2) is 118 Å². The van der Waals surface area contributed by atoms with E-state index >= 15 is 0 Å². The lowest BCUT2D eigenvalue weighted by molar-refractivity contribution is -0.136. The van der Waals surface area contributed by atoms with Gasteiger partial charge in [0.1, 0.15) is 35.9 Å². The van der Waals surface area contributed by atoms with E-state index in [4.69, 9.17) is 23.9 Å². The predicted octanol–water partition coefficient (Wildman–Crippen LogP) is 5.93. The summed E-state index contributed by atoms with van der Waals surface area (Å²) >= 11 is 0. The number of ether oxygens (including phenoxy) is 4. The van der Waals surface area contributed by atoms with Gasteiger partial charge in [0.2, 0.25) is 11.8 Å². The molecule has 4 amide bonds. The number of aromatic nitrogens is 4. The lowest BCUT2D eigenvalue weighted by atomic mass is 10.0. The first kappa shape index (κ1) is 43.5. The van der Waals surface area contributed by atoms with E-state index in [0.29, 0.717) is 70.4 Å². The van der Waals surface area contributed by atoms with Gasteiger partial charge in [0, 0.05) is 37.1 Å². The lowest BCUT2D eigenvalue weighted by Crippen LogP contribution is -2.51. The molecule has 4 aromatic rings. The van der Waals surface area contributed by atoms with E-state index in [1.807, 2.05) is 75.1 Å². The highest BCUT2D eigenvalue weighted by molar-refractivity contribution is 5.88. The Morgan fingerprint density at radius 3 is 2.03 bits per heavy atom. The van der Waals surface area contributed by atoms with Crippen LogP contribution in [-0.2, 0) is 28.5 Å². The van der Waals surface area contributed by atoms with Crippen LogP contribution in [0.15, 0.2) is 60.8 Å². The van der Waals surface area contributed by atoms with Gasteiger partial charge in [-0.25, -0.2) is 19.6 Å². The van der Waals surface area contributed by atoms with Crippen molar-refractivity contribution in [3.63, 3.8) is 0 Å². The molecule has 6 heterocycles. The number of nitrogens with zero attached hydrogens (tertiary/aromatic N) is 4. The first-order valence-corrected chi connectivity index (χ1v) is 21.9. The van der Waals surface area contributed by atoms with Crippen LogP contribution in [0.5, 0.6) is 0 Å². The Kier molecular flexibility index (Phi) is 13.1. The molecular formula is C47H56N8O8. The van der Waals surface area contributed by atoms with Gasteiger partial charge in [0.15, 0.2) is 0 Å². The topological polar surface area (TPSA) is 193 Å². The van der Waals surface area contributed by atoms with Crippen LogP contribution in [0.1, 0.15) is 94.7 Å². The van der Waals surface area contributed by atoms with Gasteiger partial charge in [-0.2, -0.15) is 0 Å². The molecule has 332 valence electrons. The molecule has 4 aliphatic heterocycles. The molecule has 4 fully saturated rings. The van der Waals surface area contributed by atoms with Crippen LogP contribution >= 0.6 is 0 Å². The van der Waals surface area contributed by atoms with Crippen LogP contribution in [0.4, 0.5) is 9.59 Å². The molecule has 16 heteroatoms. The fourth-order valence-electron chi connectivity index (χ4n) is 8.61. The summed E-state index contributed by atoms with van der Waals surface area (Å²) in [5, 5.41) is 5.61. The van der Waals surface area contributed by atoms with Crippen LogP contribution in [0, 0.1) is 23.7 Å². The molecule has 2 aromatic carbocycles. The molecule has 2 aromatic heterocycles. The van der Waals surface area contributed by atoms with Gasteiger partial charge in [-0.05, 0) is 67.0 Å². The number of amides is 4. The van der Waals surface area contributed by atoms with Gasteiger partial charge in [-0.1, -0.05) is 63.8 Å². The third-order valence-electron chi connectivity index (χ3n) is 12.1. The molecule has 4 aliphatic rings. The van der Waals surface area contributed by atoms with E-state index in [9.17, 15) is 19.2 Å². The molecule has 0 bridgehead atoms. The number of hydrogen-bond acceptors (Lipinski definition) is 10. The Morgan fingerprint density at radius 2 is 1.41 bits per heavy atom. The van der Waals surface area contributed by atoms with E-state index < -0.39 is 24.3 Å². The number of carbonyl (C=O) groups is 4. The summed E-state index contributed by atoms with van der Waals surface area (Å²) in [4.78, 5) is 73.2. The minimum atomic E-state index is -0.778. The van der Waals surface area contributed by atoms with E-state index in [1.165, 1.54) is 0 Å². The van der Waals surface area contributed by atoms with Crippen LogP contribution in [0.3, 0.4) is 0 Å². The summed E-state index contributed by atoms with van der Waals surface area (Å²) in [5.74, 6) is 7.19. The third kappa shape index (κ3) is 10.1. The third-order valence-corrected chi connectivity index (χ3v) is 12.1. The summed E-state index contributed by atoms with van der Waals surface area (Å²) in [6.45, 7) is 14.5. The Hall–Kier alpha value is -6.18. The fourth-order valence-corrected chi connectivity index (χ4v) is 8.61. The Morgan fingerprint density at radius 1 is 0.794 bits per heavy atom. The first-order chi connectivity index (χ1) is 30.4. The van der Waals surface area contributed by atoms with E-state index in [0.717, 1.165) is 51.8 Å². The standard InChI is InChI=1S/C47H56N8O8/c1-27(2)40(52-46(58)62-33-16-19-60-25-33)44(56)54-18-6-7-38(54)43-49-35-15-12-31(22-36(35)50-43)9-8-30-10-13-32(14-11-30)37-23-48-42(51-37)39-21-29(5)24-55(39)45(57)41(28(3)4)53-47(59)63-34-17-20-61-26-34/h10-15,22-23,27-28,33-34,38-41H,5-7,16-21,24-26H2,1-4H3,(H,48,51)(H,49,50)(H,52,58)(H,53,59)/t33?,34?,38-,39-,40-,41-/m0/s1. The summed E-state index contributed by atoms with van der Waals surface area (Å²) in [6.07, 6.45) is 3.33. The number of fused-ring (bicyclic) bond motifs is 1.